The van der Waals surface area contributed by atoms with Crippen molar-refractivity contribution in [3.05, 3.63) is 0 Å². The molecule has 1 N–H and O–H groups in total. The van der Waals surface area contributed by atoms with Crippen LogP contribution >= 0.6 is 0 Å². The first-order valence-corrected chi connectivity index (χ1v) is 4.66. The molecule has 0 saturated carbocycles. The van der Waals surface area contributed by atoms with E-state index in [0.29, 0.717) is 13.5 Å². The molecule has 0 unspecified atom stereocenters. The lowest BCUT2D eigenvalue weighted by molar-refractivity contribution is -0.129. The second kappa shape index (κ2) is 5.02. The molecule has 13 heavy (non-hydrogen) atoms. The highest BCUT2D eigenvalue weighted by Gasteiger charge is 2.19. The Bertz CT molecular complexity index is 191. The van der Waals surface area contributed by atoms with Crippen LogP contribution in [0.15, 0.2) is 0 Å². The zero-order valence-corrected chi connectivity index (χ0v) is 7.95. The summed E-state index contributed by atoms with van der Waals surface area (Å²) in [4.78, 5) is 22.9. The largest absolute Gasteiger partial charge is 0.350 e. The van der Waals surface area contributed by atoms with Crippen LogP contribution in [0.4, 0.5) is 0 Å². The minimum absolute atomic E-state index is 0.147. The summed E-state index contributed by atoms with van der Waals surface area (Å²) in [6.45, 7) is 3.22. The third-order valence-electron chi connectivity index (χ3n) is 2.43. The molecule has 4 nitrogen and oxygen atoms in total. The molecule has 0 bridgehead atoms. The maximum atomic E-state index is 11.0. The van der Waals surface area contributed by atoms with Crippen molar-refractivity contribution in [2.24, 2.45) is 0 Å². The molecule has 0 aliphatic carbocycles. The molecule has 0 atom stereocenters. The molecule has 1 fully saturated rings. The number of hydrogen-bond acceptors (Lipinski definition) is 3. The summed E-state index contributed by atoms with van der Waals surface area (Å²) >= 11 is 0. The van der Waals surface area contributed by atoms with E-state index < -0.39 is 0 Å². The zero-order valence-electron chi connectivity index (χ0n) is 7.95. The molecule has 0 aromatic rings. The topological polar surface area (TPSA) is 49.4 Å². The van der Waals surface area contributed by atoms with Crippen molar-refractivity contribution in [1.29, 1.82) is 0 Å². The van der Waals surface area contributed by atoms with Gasteiger partial charge in [0.25, 0.3) is 7.41 Å². The van der Waals surface area contributed by atoms with Crippen molar-refractivity contribution in [3.63, 3.8) is 0 Å². The number of carbonyl (C=O) groups is 2. The van der Waals surface area contributed by atoms with Crippen LogP contribution in [0.5, 0.6) is 0 Å². The van der Waals surface area contributed by atoms with E-state index >= 15 is 0 Å². The third kappa shape index (κ3) is 3.18. The summed E-state index contributed by atoms with van der Waals surface area (Å²) in [6.07, 6.45) is 2.78. The number of likely N-dealkylation sites (tertiary alicyclic amines) is 1. The summed E-state index contributed by atoms with van der Waals surface area (Å²) in [6, 6.07) is 0.404. The number of nitrogens with zero attached hydrogens (tertiary/aromatic N) is 1. The van der Waals surface area contributed by atoms with E-state index in [9.17, 15) is 9.59 Å². The molecule has 5 heteroatoms. The summed E-state index contributed by atoms with van der Waals surface area (Å²) < 4.78 is 0. The lowest BCUT2D eigenvalue weighted by Gasteiger charge is -2.31. The minimum Gasteiger partial charge on any atom is -0.350 e. The van der Waals surface area contributed by atoms with Crippen LogP contribution in [0.1, 0.15) is 19.8 Å². The predicted molar refractivity (Wildman–Crippen MR) is 52.3 cm³/mol. The van der Waals surface area contributed by atoms with Gasteiger partial charge in [0.15, 0.2) is 0 Å². The fourth-order valence-corrected chi connectivity index (χ4v) is 1.61. The Balaban J connectivity index is 2.22. The normalized spacial score (nSPS) is 18.4. The van der Waals surface area contributed by atoms with Gasteiger partial charge in [-0.2, -0.15) is 0 Å². The first kappa shape index (κ1) is 10.2. The van der Waals surface area contributed by atoms with Gasteiger partial charge in [-0.25, -0.2) is 0 Å². The number of amides is 1. The third-order valence-corrected chi connectivity index (χ3v) is 2.43. The van der Waals surface area contributed by atoms with Crippen molar-refractivity contribution in [2.45, 2.75) is 25.8 Å². The van der Waals surface area contributed by atoms with Crippen LogP contribution in [-0.2, 0) is 9.59 Å². The Kier molecular flexibility index (Phi) is 3.95. The van der Waals surface area contributed by atoms with Gasteiger partial charge in [-0.15, -0.1) is 0 Å². The molecule has 0 aromatic heterocycles. The molecule has 1 saturated heterocycles. The van der Waals surface area contributed by atoms with Gasteiger partial charge < -0.3 is 14.9 Å². The van der Waals surface area contributed by atoms with E-state index in [1.807, 2.05) is 4.90 Å². The summed E-state index contributed by atoms with van der Waals surface area (Å²) in [5, 5.41) is 3.12. The second-order valence-electron chi connectivity index (χ2n) is 3.36. The van der Waals surface area contributed by atoms with E-state index in [4.69, 9.17) is 0 Å². The van der Waals surface area contributed by atoms with Crippen molar-refractivity contribution in [2.75, 3.05) is 13.1 Å². The zero-order chi connectivity index (χ0) is 9.68. The molecule has 1 amide bonds. The van der Waals surface area contributed by atoms with Crippen molar-refractivity contribution >= 4 is 19.5 Å². The molecule has 1 heterocycles. The summed E-state index contributed by atoms with van der Waals surface area (Å²) in [7, 11) is 0.421. The standard InChI is InChI=1S/C8H15BN2O2/c1-7(13)11-4-2-8(3-5-11)10-9-6-12/h6,8-10H,2-5H2,1H3. The Morgan fingerprint density at radius 2 is 2.15 bits per heavy atom. The Labute approximate surface area is 78.9 Å². The van der Waals surface area contributed by atoms with Crippen molar-refractivity contribution < 1.29 is 9.59 Å². The molecule has 1 rings (SSSR count). The number of carbonyl (C=O) groups excluding carboxylic acids is 2. The quantitative estimate of drug-likeness (QED) is 0.455. The van der Waals surface area contributed by atoms with E-state index in [1.54, 1.807) is 6.92 Å². The number of rotatable bonds is 3. The maximum absolute atomic E-state index is 11.0. The Hall–Kier alpha value is -0.835. The number of piperidine rings is 1. The van der Waals surface area contributed by atoms with Crippen molar-refractivity contribution in [3.8, 4) is 0 Å². The fraction of sp³-hybridized carbons (Fsp3) is 0.750. The number of hydrogen-bond donors (Lipinski definition) is 1. The van der Waals surface area contributed by atoms with Crippen LogP contribution in [-0.4, -0.2) is 43.5 Å². The molecule has 0 radical (unpaired) electrons. The van der Waals surface area contributed by atoms with E-state index in [1.165, 1.54) is 0 Å². The molecule has 72 valence electrons. The van der Waals surface area contributed by atoms with Gasteiger partial charge in [0, 0.05) is 20.0 Å². The van der Waals surface area contributed by atoms with Crippen LogP contribution in [0.2, 0.25) is 0 Å². The van der Waals surface area contributed by atoms with Gasteiger partial charge in [-0.1, -0.05) is 0 Å². The van der Waals surface area contributed by atoms with E-state index in [2.05, 4.69) is 5.23 Å². The molecular formula is C8H15BN2O2. The SMILES string of the molecule is CC(=O)N1CCC(NBC=O)CC1. The Morgan fingerprint density at radius 3 is 2.62 bits per heavy atom. The number of nitrogens with one attached hydrogen (secondary N) is 1. The van der Waals surface area contributed by atoms with Gasteiger partial charge >= 0.3 is 0 Å². The average Bonchev–Trinajstić information content (AvgIpc) is 2.15. The molecule has 1 aliphatic rings. The van der Waals surface area contributed by atoms with Gasteiger partial charge in [0.1, 0.15) is 0 Å². The van der Waals surface area contributed by atoms with Gasteiger partial charge in [0.05, 0.1) is 6.19 Å². The van der Waals surface area contributed by atoms with E-state index in [-0.39, 0.29) is 5.91 Å². The lowest BCUT2D eigenvalue weighted by atomic mass is 9.93. The Morgan fingerprint density at radius 1 is 1.54 bits per heavy atom. The molecular weight excluding hydrogens is 167 g/mol. The van der Waals surface area contributed by atoms with Crippen LogP contribution in [0, 0.1) is 0 Å². The van der Waals surface area contributed by atoms with Crippen molar-refractivity contribution in [1.82, 2.24) is 10.1 Å². The minimum atomic E-state index is 0.147. The molecule has 0 aromatic carbocycles. The lowest BCUT2D eigenvalue weighted by Crippen LogP contribution is -2.45. The van der Waals surface area contributed by atoms with Gasteiger partial charge in [-0.3, -0.25) is 4.79 Å². The van der Waals surface area contributed by atoms with Crippen LogP contribution in [0.25, 0.3) is 0 Å². The molecule has 1 aliphatic heterocycles. The van der Waals surface area contributed by atoms with E-state index in [0.717, 1.165) is 32.1 Å². The van der Waals surface area contributed by atoms with Gasteiger partial charge in [0.2, 0.25) is 5.91 Å². The summed E-state index contributed by atoms with van der Waals surface area (Å²) in [5.74, 6) is 0.147. The monoisotopic (exact) mass is 182 g/mol. The first-order chi connectivity index (χ1) is 6.24. The van der Waals surface area contributed by atoms with Crippen LogP contribution in [0.3, 0.4) is 0 Å². The highest BCUT2D eigenvalue weighted by atomic mass is 16.2. The predicted octanol–water partition coefficient (Wildman–Crippen LogP) is -0.871. The first-order valence-electron chi connectivity index (χ1n) is 4.66. The average molecular weight is 182 g/mol. The maximum Gasteiger partial charge on any atom is 0.278 e. The highest BCUT2D eigenvalue weighted by molar-refractivity contribution is 6.64. The highest BCUT2D eigenvalue weighted by Crippen LogP contribution is 2.09. The second-order valence-corrected chi connectivity index (χ2v) is 3.36. The van der Waals surface area contributed by atoms with Crippen LogP contribution < -0.4 is 5.23 Å². The van der Waals surface area contributed by atoms with Gasteiger partial charge in [-0.05, 0) is 18.9 Å². The molecule has 0 spiro atoms. The summed E-state index contributed by atoms with van der Waals surface area (Å²) in [5.41, 5.74) is 0. The fourth-order valence-electron chi connectivity index (χ4n) is 1.61. The smallest absolute Gasteiger partial charge is 0.278 e.